The van der Waals surface area contributed by atoms with Crippen molar-refractivity contribution in [1.29, 1.82) is 0 Å². The summed E-state index contributed by atoms with van der Waals surface area (Å²) in [6, 6.07) is 0. The molecule has 0 aliphatic carbocycles. The molecular formula is C15H27N2O7P. The van der Waals surface area contributed by atoms with Gasteiger partial charge in [-0.05, 0) is 6.42 Å². The van der Waals surface area contributed by atoms with Crippen molar-refractivity contribution >= 4 is 25.4 Å². The first kappa shape index (κ1) is 21.6. The third kappa shape index (κ3) is 7.13. The molecule has 1 aliphatic heterocycles. The van der Waals surface area contributed by atoms with Gasteiger partial charge in [-0.25, -0.2) is 0 Å². The molecule has 0 aromatic rings. The second kappa shape index (κ2) is 9.31. The normalized spacial score (nSPS) is 25.0. The molecule has 1 saturated heterocycles. The molecule has 25 heavy (non-hydrogen) atoms. The predicted molar refractivity (Wildman–Crippen MR) is 90.0 cm³/mol. The van der Waals surface area contributed by atoms with Crippen LogP contribution in [0.2, 0.25) is 0 Å². The number of carbonyl (C=O) groups is 3. The van der Waals surface area contributed by atoms with Crippen LogP contribution in [0.3, 0.4) is 0 Å². The summed E-state index contributed by atoms with van der Waals surface area (Å²) >= 11 is 0. The lowest BCUT2D eigenvalue weighted by atomic mass is 9.87. The predicted octanol–water partition coefficient (Wildman–Crippen LogP) is 0.827. The van der Waals surface area contributed by atoms with Crippen LogP contribution in [0, 0.1) is 5.41 Å². The van der Waals surface area contributed by atoms with Gasteiger partial charge in [0.2, 0.25) is 11.8 Å². The Morgan fingerprint density at radius 1 is 1.24 bits per heavy atom. The quantitative estimate of drug-likeness (QED) is 0.365. The van der Waals surface area contributed by atoms with Crippen LogP contribution in [-0.2, 0) is 32.7 Å². The molecule has 9 nitrogen and oxygen atoms in total. The van der Waals surface area contributed by atoms with Gasteiger partial charge in [0.1, 0.15) is 0 Å². The first-order chi connectivity index (χ1) is 11.6. The van der Waals surface area contributed by atoms with E-state index in [0.29, 0.717) is 13.0 Å². The Morgan fingerprint density at radius 2 is 1.92 bits per heavy atom. The zero-order valence-corrected chi connectivity index (χ0v) is 16.0. The summed E-state index contributed by atoms with van der Waals surface area (Å²) in [6.45, 7) is 5.52. The molecule has 10 heteroatoms. The maximum atomic E-state index is 12.7. The molecular weight excluding hydrogens is 351 g/mol. The monoisotopic (exact) mass is 378 g/mol. The van der Waals surface area contributed by atoms with Gasteiger partial charge in [0.15, 0.2) is 6.10 Å². The van der Waals surface area contributed by atoms with Crippen molar-refractivity contribution in [2.75, 3.05) is 33.0 Å². The van der Waals surface area contributed by atoms with E-state index in [1.165, 1.54) is 14.0 Å². The van der Waals surface area contributed by atoms with Crippen molar-refractivity contribution < 1.29 is 32.7 Å². The van der Waals surface area contributed by atoms with Crippen LogP contribution >= 0.6 is 7.60 Å². The summed E-state index contributed by atoms with van der Waals surface area (Å²) in [5, 5.41) is 5.20. The number of rotatable bonds is 8. The Hall–Kier alpha value is -1.44. The molecule has 0 radical (unpaired) electrons. The van der Waals surface area contributed by atoms with Crippen LogP contribution in [-0.4, -0.2) is 56.9 Å². The van der Waals surface area contributed by atoms with Gasteiger partial charge in [-0.2, -0.15) is 0 Å². The first-order valence-corrected chi connectivity index (χ1v) is 9.83. The van der Waals surface area contributed by atoms with Crippen LogP contribution in [0.1, 0.15) is 33.6 Å². The van der Waals surface area contributed by atoms with Gasteiger partial charge < -0.3 is 19.9 Å². The molecule has 1 aliphatic rings. The molecule has 0 aromatic carbocycles. The minimum atomic E-state index is -3.42. The molecule has 1 unspecified atom stereocenters. The molecule has 2 N–H and O–H groups in total. The summed E-state index contributed by atoms with van der Waals surface area (Å²) in [6.07, 6.45) is -0.394. The van der Waals surface area contributed by atoms with Crippen molar-refractivity contribution in [2.45, 2.75) is 39.7 Å². The Balaban J connectivity index is 2.60. The Kier molecular flexibility index (Phi) is 8.05. The maximum absolute atomic E-state index is 12.7. The fraction of sp³-hybridized carbons (Fsp3) is 0.800. The van der Waals surface area contributed by atoms with E-state index in [0.717, 1.165) is 0 Å². The number of amides is 2. The lowest BCUT2D eigenvalue weighted by Crippen LogP contribution is -2.50. The number of esters is 1. The van der Waals surface area contributed by atoms with E-state index >= 15 is 0 Å². The Labute approximate surface area is 147 Å². The molecule has 1 fully saturated rings. The largest absolute Gasteiger partial charge is 0.469 e. The lowest BCUT2D eigenvalue weighted by molar-refractivity contribution is -0.141. The van der Waals surface area contributed by atoms with Gasteiger partial charge in [-0.15, -0.1) is 0 Å². The summed E-state index contributed by atoms with van der Waals surface area (Å²) < 4.78 is 28.1. The zero-order valence-electron chi connectivity index (χ0n) is 15.1. The highest BCUT2D eigenvalue weighted by molar-refractivity contribution is 7.53. The highest BCUT2D eigenvalue weighted by atomic mass is 31.2. The minimum Gasteiger partial charge on any atom is -0.469 e. The maximum Gasteiger partial charge on any atom is 0.331 e. The minimum absolute atomic E-state index is 0.0419. The summed E-state index contributed by atoms with van der Waals surface area (Å²) in [4.78, 5) is 34.3. The average molecular weight is 378 g/mol. The second-order valence-corrected chi connectivity index (χ2v) is 8.67. The zero-order chi connectivity index (χ0) is 19.1. The summed E-state index contributed by atoms with van der Waals surface area (Å²) in [7, 11) is -2.15. The van der Waals surface area contributed by atoms with Crippen molar-refractivity contribution in [3.05, 3.63) is 0 Å². The van der Waals surface area contributed by atoms with Gasteiger partial charge in [-0.3, -0.25) is 23.5 Å². The van der Waals surface area contributed by atoms with Crippen molar-refractivity contribution in [2.24, 2.45) is 5.41 Å². The second-order valence-electron chi connectivity index (χ2n) is 6.54. The average Bonchev–Trinajstić information content (AvgIpc) is 2.54. The molecule has 0 spiro atoms. The molecule has 2 atom stereocenters. The molecule has 144 valence electrons. The number of nitrogens with one attached hydrogen (secondary N) is 2. The van der Waals surface area contributed by atoms with Crippen LogP contribution in [0.5, 0.6) is 0 Å². The third-order valence-electron chi connectivity index (χ3n) is 3.69. The van der Waals surface area contributed by atoms with Crippen LogP contribution in [0.15, 0.2) is 0 Å². The number of ether oxygens (including phenoxy) is 1. The van der Waals surface area contributed by atoms with Gasteiger partial charge in [0.05, 0.1) is 26.3 Å². The van der Waals surface area contributed by atoms with Crippen LogP contribution < -0.4 is 10.6 Å². The SMILES string of the molecule is COC(=O)CCNC(=O)[C@@H]1OP(=O)(CCCNC(C)=O)OCC1(C)C. The van der Waals surface area contributed by atoms with Gasteiger partial charge in [0, 0.05) is 25.4 Å². The van der Waals surface area contributed by atoms with Gasteiger partial charge in [-0.1, -0.05) is 13.8 Å². The van der Waals surface area contributed by atoms with Crippen LogP contribution in [0.25, 0.3) is 0 Å². The molecule has 1 heterocycles. The van der Waals surface area contributed by atoms with Crippen LogP contribution in [0.4, 0.5) is 0 Å². The third-order valence-corrected chi connectivity index (χ3v) is 5.60. The van der Waals surface area contributed by atoms with Gasteiger partial charge in [0.25, 0.3) is 0 Å². The fourth-order valence-corrected chi connectivity index (χ4v) is 4.29. The molecule has 2 amide bonds. The Morgan fingerprint density at radius 3 is 2.52 bits per heavy atom. The molecule has 0 bridgehead atoms. The highest BCUT2D eigenvalue weighted by Crippen LogP contribution is 2.56. The number of hydrogen-bond acceptors (Lipinski definition) is 7. The van der Waals surface area contributed by atoms with Gasteiger partial charge >= 0.3 is 13.6 Å². The Bertz CT molecular complexity index is 550. The number of methoxy groups -OCH3 is 1. The van der Waals surface area contributed by atoms with Crippen molar-refractivity contribution in [1.82, 2.24) is 10.6 Å². The molecule has 0 aromatic heterocycles. The van der Waals surface area contributed by atoms with Crippen molar-refractivity contribution in [3.63, 3.8) is 0 Å². The van der Waals surface area contributed by atoms with E-state index in [1.54, 1.807) is 13.8 Å². The fourth-order valence-electron chi connectivity index (χ4n) is 2.21. The van der Waals surface area contributed by atoms with E-state index in [-0.39, 0.29) is 31.6 Å². The lowest BCUT2D eigenvalue weighted by Gasteiger charge is -2.40. The first-order valence-electron chi connectivity index (χ1n) is 8.10. The topological polar surface area (TPSA) is 120 Å². The van der Waals surface area contributed by atoms with E-state index in [1.807, 2.05) is 0 Å². The smallest absolute Gasteiger partial charge is 0.331 e. The van der Waals surface area contributed by atoms with Crippen molar-refractivity contribution in [3.8, 4) is 0 Å². The summed E-state index contributed by atoms with van der Waals surface area (Å²) in [5.41, 5.74) is -0.666. The highest BCUT2D eigenvalue weighted by Gasteiger charge is 2.47. The number of hydrogen-bond donors (Lipinski definition) is 2. The molecule has 1 rings (SSSR count). The molecule has 0 saturated carbocycles. The number of carbonyl (C=O) groups excluding carboxylic acids is 3. The van der Waals surface area contributed by atoms with E-state index in [9.17, 15) is 18.9 Å². The van der Waals surface area contributed by atoms with E-state index < -0.39 is 31.0 Å². The van der Waals surface area contributed by atoms with E-state index in [4.69, 9.17) is 9.05 Å². The summed E-state index contributed by atoms with van der Waals surface area (Å²) in [5.74, 6) is -1.05. The van der Waals surface area contributed by atoms with E-state index in [2.05, 4.69) is 15.4 Å². The standard InChI is InChI=1S/C15H27N2O7P/c1-11(18)16-7-5-9-25(21)23-10-15(2,3)13(24-25)14(20)17-8-6-12(19)22-4/h13H,5-10H2,1-4H3,(H,16,18)(H,17,20)/t13-,25?/m0/s1.